The molecule has 2 aromatic heterocycles. The first kappa shape index (κ1) is 23.5. The van der Waals surface area contributed by atoms with Gasteiger partial charge in [-0.25, -0.2) is 9.19 Å². The predicted octanol–water partition coefficient (Wildman–Crippen LogP) is 5.53. The Morgan fingerprint density at radius 2 is 1.94 bits per heavy atom. The van der Waals surface area contributed by atoms with E-state index in [0.717, 1.165) is 18.2 Å². The molecular weight excluding hydrogens is 500 g/mol. The number of hydrogen-bond donors (Lipinski definition) is 1. The van der Waals surface area contributed by atoms with E-state index in [0.29, 0.717) is 24.7 Å². The number of hydrogen-bond acceptors (Lipinski definition) is 4. The molecule has 12 heteroatoms. The van der Waals surface area contributed by atoms with Crippen LogP contribution in [0.1, 0.15) is 28.2 Å². The molecule has 1 aliphatic rings. The van der Waals surface area contributed by atoms with Crippen molar-refractivity contribution in [3.05, 3.63) is 75.8 Å². The van der Waals surface area contributed by atoms with E-state index in [4.69, 9.17) is 23.2 Å². The molecule has 3 heterocycles. The molecule has 0 radical (unpaired) electrons. The third kappa shape index (κ3) is 4.97. The van der Waals surface area contributed by atoms with Crippen molar-refractivity contribution in [2.75, 3.05) is 16.2 Å². The van der Waals surface area contributed by atoms with Gasteiger partial charge in [0.2, 0.25) is 0 Å². The number of rotatable bonds is 4. The van der Waals surface area contributed by atoms with Crippen LogP contribution in [0.2, 0.25) is 10.0 Å². The third-order valence-corrected chi connectivity index (χ3v) is 6.54. The van der Waals surface area contributed by atoms with Crippen molar-refractivity contribution < 1.29 is 22.2 Å². The van der Waals surface area contributed by atoms with Crippen LogP contribution in [-0.4, -0.2) is 26.6 Å². The summed E-state index contributed by atoms with van der Waals surface area (Å²) in [6.45, 7) is 0.427. The third-order valence-electron chi connectivity index (χ3n) is 4.91. The van der Waals surface area contributed by atoms with Crippen molar-refractivity contribution in [1.29, 1.82) is 0 Å². The number of anilines is 2. The van der Waals surface area contributed by atoms with Gasteiger partial charge in [-0.1, -0.05) is 23.2 Å². The highest BCUT2D eigenvalue weighted by molar-refractivity contribution is 7.86. The van der Waals surface area contributed by atoms with Crippen LogP contribution < -0.4 is 9.62 Å². The van der Waals surface area contributed by atoms with Crippen LogP contribution in [0.25, 0.3) is 0 Å². The topological polar surface area (TPSA) is 75.2 Å². The predicted molar refractivity (Wildman–Crippen MR) is 120 cm³/mol. The minimum Gasteiger partial charge on any atom is -0.305 e. The van der Waals surface area contributed by atoms with Gasteiger partial charge in [0, 0.05) is 18.9 Å². The number of nitrogens with zero attached hydrogens (tertiary/aromatic N) is 3. The molecule has 6 nitrogen and oxygen atoms in total. The van der Waals surface area contributed by atoms with Crippen molar-refractivity contribution in [2.45, 2.75) is 23.9 Å². The molecule has 0 fully saturated rings. The lowest BCUT2D eigenvalue weighted by molar-refractivity contribution is -0.137. The molecule has 0 spiro atoms. The fourth-order valence-electron chi connectivity index (χ4n) is 3.41. The normalized spacial score (nSPS) is 14.5. The van der Waals surface area contributed by atoms with Crippen molar-refractivity contribution in [3.63, 3.8) is 0 Å². The van der Waals surface area contributed by atoms with Crippen molar-refractivity contribution in [1.82, 2.24) is 9.97 Å². The number of halogens is 5. The number of nitrogens with one attached hydrogen (secondary N) is 1. The fraction of sp³-hybridized carbons (Fsp3) is 0.190. The Balaban J connectivity index is 1.66. The van der Waals surface area contributed by atoms with Crippen LogP contribution in [-0.2, 0) is 23.6 Å². The summed E-state index contributed by atoms with van der Waals surface area (Å²) in [5.41, 5.74) is 0.240. The van der Waals surface area contributed by atoms with Crippen molar-refractivity contribution in [2.24, 2.45) is 0 Å². The van der Waals surface area contributed by atoms with Gasteiger partial charge < -0.3 is 4.90 Å². The molecule has 0 aliphatic carbocycles. The smallest absolute Gasteiger partial charge is 0.305 e. The lowest BCUT2D eigenvalue weighted by atomic mass is 10.1. The summed E-state index contributed by atoms with van der Waals surface area (Å²) in [4.78, 5) is 23.1. The quantitative estimate of drug-likeness (QED) is 0.496. The second-order valence-corrected chi connectivity index (χ2v) is 9.15. The zero-order chi connectivity index (χ0) is 23.8. The number of aryl methyl sites for hydroxylation is 1. The zero-order valence-electron chi connectivity index (χ0n) is 16.7. The number of pyridine rings is 2. The van der Waals surface area contributed by atoms with Gasteiger partial charge >= 0.3 is 6.18 Å². The highest BCUT2D eigenvalue weighted by Crippen LogP contribution is 2.36. The maximum Gasteiger partial charge on any atom is 0.417 e. The Bertz CT molecular complexity index is 1260. The molecule has 1 N–H and O–H groups in total. The second kappa shape index (κ2) is 9.28. The zero-order valence-corrected chi connectivity index (χ0v) is 19.0. The first-order valence-corrected chi connectivity index (χ1v) is 11.5. The summed E-state index contributed by atoms with van der Waals surface area (Å²) in [7, 11) is -2.16. The number of carbonyl (C=O) groups excluding carboxylic acids is 1. The van der Waals surface area contributed by atoms with Crippen LogP contribution in [0, 0.1) is 0 Å². The van der Waals surface area contributed by atoms with Gasteiger partial charge in [-0.2, -0.15) is 13.2 Å². The van der Waals surface area contributed by atoms with Crippen LogP contribution >= 0.6 is 23.2 Å². The first-order chi connectivity index (χ1) is 15.6. The van der Waals surface area contributed by atoms with E-state index in [1.54, 1.807) is 18.3 Å². The summed E-state index contributed by atoms with van der Waals surface area (Å²) < 4.78 is 55.0. The van der Waals surface area contributed by atoms with Crippen LogP contribution in [0.15, 0.2) is 53.7 Å². The molecule has 1 amide bonds. The number of fused-ring (bicyclic) bond motifs is 1. The average molecular weight is 515 g/mol. The van der Waals surface area contributed by atoms with E-state index < -0.39 is 33.7 Å². The molecule has 0 bridgehead atoms. The Morgan fingerprint density at radius 1 is 1.15 bits per heavy atom. The number of aromatic nitrogens is 2. The maximum absolute atomic E-state index is 13.3. The summed E-state index contributed by atoms with van der Waals surface area (Å²) >= 11 is 11.7. The van der Waals surface area contributed by atoms with Crippen molar-refractivity contribution >= 4 is 51.5 Å². The molecule has 0 saturated carbocycles. The van der Waals surface area contributed by atoms with E-state index in [9.17, 15) is 22.2 Å². The summed E-state index contributed by atoms with van der Waals surface area (Å²) in [6, 6.07) is 7.73. The number of carbonyl (C=O) groups is 1. The van der Waals surface area contributed by atoms with Gasteiger partial charge in [-0.3, -0.25) is 14.5 Å². The second-order valence-electron chi connectivity index (χ2n) is 7.09. The van der Waals surface area contributed by atoms with E-state index in [-0.39, 0.29) is 21.3 Å². The highest BCUT2D eigenvalue weighted by atomic mass is 35.5. The summed E-state index contributed by atoms with van der Waals surface area (Å²) in [5, 5.41) is -0.361. The van der Waals surface area contributed by atoms with E-state index >= 15 is 0 Å². The Hall–Kier alpha value is -2.69. The number of benzene rings is 1. The van der Waals surface area contributed by atoms with E-state index in [1.807, 2.05) is 0 Å². The first-order valence-electron chi connectivity index (χ1n) is 9.61. The molecule has 1 aliphatic heterocycles. The maximum atomic E-state index is 13.3. The molecular formula is C21H15Cl2F3N4O2S. The van der Waals surface area contributed by atoms with E-state index in [2.05, 4.69) is 14.7 Å². The minimum absolute atomic E-state index is 0.0188. The van der Waals surface area contributed by atoms with Gasteiger partial charge in [0.25, 0.3) is 5.91 Å². The average Bonchev–Trinajstić information content (AvgIpc) is 2.78. The van der Waals surface area contributed by atoms with Crippen LogP contribution in [0.5, 0.6) is 0 Å². The Kier molecular flexibility index (Phi) is 6.60. The number of amides is 1. The largest absolute Gasteiger partial charge is 0.417 e. The lowest BCUT2D eigenvalue weighted by Gasteiger charge is -2.28. The Morgan fingerprint density at radius 3 is 2.70 bits per heavy atom. The van der Waals surface area contributed by atoms with E-state index in [1.165, 1.54) is 23.2 Å². The van der Waals surface area contributed by atoms with Gasteiger partial charge in [-0.05, 0) is 49.2 Å². The molecule has 1 aromatic carbocycles. The monoisotopic (exact) mass is 514 g/mol. The fourth-order valence-corrected chi connectivity index (χ4v) is 4.69. The summed E-state index contributed by atoms with van der Waals surface area (Å²) in [6.07, 6.45) is -0.387. The van der Waals surface area contributed by atoms with Crippen molar-refractivity contribution in [3.8, 4) is 0 Å². The SMILES string of the molecule is O=C(c1ncc(Cl)cc1NS(=O)c1ccc(Cl)c(C(F)(F)F)c1)N1CCCc2ncccc21. The van der Waals surface area contributed by atoms with Gasteiger partial charge in [0.15, 0.2) is 5.69 Å². The Labute approximate surface area is 199 Å². The highest BCUT2D eigenvalue weighted by Gasteiger charge is 2.34. The number of alkyl halides is 3. The van der Waals surface area contributed by atoms with Gasteiger partial charge in [0.1, 0.15) is 11.0 Å². The van der Waals surface area contributed by atoms with Crippen LogP contribution in [0.4, 0.5) is 24.5 Å². The molecule has 3 aromatic rings. The molecule has 1 atom stereocenters. The minimum atomic E-state index is -4.72. The molecule has 0 saturated heterocycles. The molecule has 33 heavy (non-hydrogen) atoms. The van der Waals surface area contributed by atoms with Crippen LogP contribution in [0.3, 0.4) is 0 Å². The van der Waals surface area contributed by atoms with Gasteiger partial charge in [-0.15, -0.1) is 0 Å². The molecule has 4 rings (SSSR count). The molecule has 1 unspecified atom stereocenters. The lowest BCUT2D eigenvalue weighted by Crippen LogP contribution is -2.36. The standard InChI is InChI=1S/C21H15Cl2F3N4O2S/c22-12-9-17(29-33(32)13-5-6-15(23)14(10-13)21(24,25)26)19(28-11-12)20(31)30-8-2-3-16-18(30)4-1-7-27-16/h1,4-7,9-11,29H,2-3,8H2. The molecule has 172 valence electrons. The van der Waals surface area contributed by atoms with Gasteiger partial charge in [0.05, 0.1) is 37.6 Å². The summed E-state index contributed by atoms with van der Waals surface area (Å²) in [5.74, 6) is -0.479.